The predicted molar refractivity (Wildman–Crippen MR) is 129 cm³/mol. The van der Waals surface area contributed by atoms with Crippen molar-refractivity contribution in [1.29, 1.82) is 0 Å². The fourth-order valence-corrected chi connectivity index (χ4v) is 3.13. The van der Waals surface area contributed by atoms with Crippen LogP contribution in [0.2, 0.25) is 0 Å². The third kappa shape index (κ3) is 12.8. The van der Waals surface area contributed by atoms with Crippen molar-refractivity contribution in [2.75, 3.05) is 26.7 Å². The summed E-state index contributed by atoms with van der Waals surface area (Å²) < 4.78 is 10.9. The summed E-state index contributed by atoms with van der Waals surface area (Å²) >= 11 is 0. The molecule has 7 nitrogen and oxygen atoms in total. The molecule has 1 unspecified atom stereocenters. The van der Waals surface area contributed by atoms with Crippen molar-refractivity contribution in [3.63, 3.8) is 0 Å². The van der Waals surface area contributed by atoms with Crippen LogP contribution in [-0.4, -0.2) is 49.4 Å². The van der Waals surface area contributed by atoms with E-state index in [2.05, 4.69) is 24.5 Å². The van der Waals surface area contributed by atoms with Crippen LogP contribution in [0.25, 0.3) is 0 Å². The van der Waals surface area contributed by atoms with Crippen molar-refractivity contribution in [3.05, 3.63) is 29.8 Å². The van der Waals surface area contributed by atoms with Gasteiger partial charge in [0.05, 0.1) is 6.54 Å². The molecule has 2 N–H and O–H groups in total. The van der Waals surface area contributed by atoms with Crippen LogP contribution in [-0.2, 0) is 11.3 Å². The number of ether oxygens (including phenoxy) is 2. The lowest BCUT2D eigenvalue weighted by Gasteiger charge is -2.20. The van der Waals surface area contributed by atoms with E-state index in [-0.39, 0.29) is 8.88 Å². The Balaban J connectivity index is 0. The SMILES string of the molecule is CCCC(C)CCCNC(=O)N(C)Cc1cccc(OCCNC(=O)OC(C)(C)C)c1.[HH].[HH]. The highest BCUT2D eigenvalue weighted by molar-refractivity contribution is 5.73. The highest BCUT2D eigenvalue weighted by Crippen LogP contribution is 2.15. The minimum Gasteiger partial charge on any atom is -0.492 e. The molecule has 0 fully saturated rings. The van der Waals surface area contributed by atoms with Gasteiger partial charge in [-0.3, -0.25) is 0 Å². The summed E-state index contributed by atoms with van der Waals surface area (Å²) in [4.78, 5) is 25.6. The molecular weight excluding hydrogens is 394 g/mol. The summed E-state index contributed by atoms with van der Waals surface area (Å²) in [5.41, 5.74) is 0.456. The first-order chi connectivity index (χ1) is 14.6. The first kappa shape index (κ1) is 26.6. The number of nitrogens with one attached hydrogen (secondary N) is 2. The minimum atomic E-state index is -0.523. The van der Waals surface area contributed by atoms with E-state index in [0.717, 1.165) is 18.4 Å². The molecule has 0 bridgehead atoms. The Kier molecular flexibility index (Phi) is 11.8. The van der Waals surface area contributed by atoms with Crippen LogP contribution in [0.1, 0.15) is 68.7 Å². The molecule has 0 radical (unpaired) electrons. The van der Waals surface area contributed by atoms with Gasteiger partial charge in [-0.15, -0.1) is 0 Å². The maximum atomic E-state index is 12.3. The van der Waals surface area contributed by atoms with Gasteiger partial charge in [-0.2, -0.15) is 0 Å². The van der Waals surface area contributed by atoms with Gasteiger partial charge in [0.15, 0.2) is 0 Å². The second-order valence-electron chi connectivity index (χ2n) is 9.05. The van der Waals surface area contributed by atoms with Crippen LogP contribution in [0, 0.1) is 5.92 Å². The van der Waals surface area contributed by atoms with E-state index in [9.17, 15) is 9.59 Å². The Morgan fingerprint density at radius 3 is 2.58 bits per heavy atom. The lowest BCUT2D eigenvalue weighted by molar-refractivity contribution is 0.0520. The standard InChI is InChI=1S/C24H41N3O4.2H2/c1-7-10-19(2)11-9-14-25-22(28)27(6)18-20-12-8-13-21(17-20)30-16-15-26-23(29)31-24(3,4)5;;/h8,12-13,17,19H,7,9-11,14-16,18H2,1-6H3,(H,25,28)(H,26,29);2*1H. The molecule has 0 aliphatic rings. The zero-order valence-electron chi connectivity index (χ0n) is 20.1. The number of benzene rings is 1. The topological polar surface area (TPSA) is 79.9 Å². The molecule has 0 aliphatic carbocycles. The molecule has 1 rings (SSSR count). The summed E-state index contributed by atoms with van der Waals surface area (Å²) in [6, 6.07) is 7.54. The van der Waals surface area contributed by atoms with Crippen LogP contribution in [0.15, 0.2) is 24.3 Å². The summed E-state index contributed by atoms with van der Waals surface area (Å²) in [7, 11) is 1.79. The van der Waals surface area contributed by atoms with E-state index in [0.29, 0.717) is 37.9 Å². The number of amides is 3. The molecule has 0 aromatic heterocycles. The number of hydrogen-bond acceptors (Lipinski definition) is 4. The Labute approximate surface area is 190 Å². The van der Waals surface area contributed by atoms with Crippen LogP contribution >= 0.6 is 0 Å². The zero-order chi connectivity index (χ0) is 23.3. The van der Waals surface area contributed by atoms with Gasteiger partial charge in [-0.1, -0.05) is 38.8 Å². The molecule has 1 aromatic carbocycles. The maximum absolute atomic E-state index is 12.3. The van der Waals surface area contributed by atoms with Gasteiger partial charge in [0.1, 0.15) is 18.0 Å². The molecule has 0 saturated carbocycles. The molecule has 1 atom stereocenters. The van der Waals surface area contributed by atoms with Crippen molar-refractivity contribution in [2.24, 2.45) is 5.92 Å². The van der Waals surface area contributed by atoms with E-state index < -0.39 is 11.7 Å². The Morgan fingerprint density at radius 1 is 1.16 bits per heavy atom. The first-order valence-electron chi connectivity index (χ1n) is 11.3. The van der Waals surface area contributed by atoms with Crippen molar-refractivity contribution >= 4 is 12.1 Å². The normalized spacial score (nSPS) is 12.1. The maximum Gasteiger partial charge on any atom is 0.407 e. The minimum absolute atomic E-state index is 0. The lowest BCUT2D eigenvalue weighted by Crippen LogP contribution is -2.37. The van der Waals surface area contributed by atoms with Gasteiger partial charge in [0.25, 0.3) is 0 Å². The molecular formula is C24H45N3O4. The third-order valence-corrected chi connectivity index (χ3v) is 4.64. The zero-order valence-corrected chi connectivity index (χ0v) is 20.1. The number of carbonyl (C=O) groups excluding carboxylic acids is 2. The quantitative estimate of drug-likeness (QED) is 0.425. The lowest BCUT2D eigenvalue weighted by atomic mass is 10.0. The Morgan fingerprint density at radius 2 is 1.90 bits per heavy atom. The monoisotopic (exact) mass is 439 g/mol. The van der Waals surface area contributed by atoms with Gasteiger partial charge < -0.3 is 25.0 Å². The van der Waals surface area contributed by atoms with Gasteiger partial charge in [0, 0.05) is 23.0 Å². The average Bonchev–Trinajstić information content (AvgIpc) is 2.67. The Bertz CT molecular complexity index is 684. The molecule has 3 amide bonds. The number of rotatable bonds is 12. The summed E-state index contributed by atoms with van der Waals surface area (Å²) in [5, 5.41) is 5.65. The molecule has 0 spiro atoms. The molecule has 7 heteroatoms. The van der Waals surface area contributed by atoms with E-state index in [1.165, 1.54) is 12.8 Å². The van der Waals surface area contributed by atoms with E-state index in [4.69, 9.17) is 9.47 Å². The van der Waals surface area contributed by atoms with Crippen molar-refractivity contribution in [2.45, 2.75) is 72.4 Å². The number of alkyl carbamates (subject to hydrolysis) is 1. The van der Waals surface area contributed by atoms with Gasteiger partial charge >= 0.3 is 12.1 Å². The average molecular weight is 440 g/mol. The smallest absolute Gasteiger partial charge is 0.407 e. The second kappa shape index (κ2) is 13.8. The van der Waals surface area contributed by atoms with Crippen molar-refractivity contribution in [1.82, 2.24) is 15.5 Å². The third-order valence-electron chi connectivity index (χ3n) is 4.64. The second-order valence-corrected chi connectivity index (χ2v) is 9.05. The fourth-order valence-electron chi connectivity index (χ4n) is 3.13. The van der Waals surface area contributed by atoms with Crippen LogP contribution in [0.4, 0.5) is 9.59 Å². The first-order valence-corrected chi connectivity index (χ1v) is 11.3. The van der Waals surface area contributed by atoms with Gasteiger partial charge in [0.2, 0.25) is 0 Å². The van der Waals surface area contributed by atoms with Crippen molar-refractivity contribution < 1.29 is 21.9 Å². The van der Waals surface area contributed by atoms with Crippen molar-refractivity contribution in [3.8, 4) is 5.75 Å². The molecule has 0 aliphatic heterocycles. The predicted octanol–water partition coefficient (Wildman–Crippen LogP) is 5.44. The summed E-state index contributed by atoms with van der Waals surface area (Å²) in [5.74, 6) is 1.41. The van der Waals surface area contributed by atoms with E-state index >= 15 is 0 Å². The molecule has 1 aromatic rings. The van der Waals surface area contributed by atoms with Gasteiger partial charge in [-0.05, 0) is 57.2 Å². The van der Waals surface area contributed by atoms with Crippen LogP contribution in [0.5, 0.6) is 5.75 Å². The molecule has 31 heavy (non-hydrogen) atoms. The molecule has 0 heterocycles. The molecule has 180 valence electrons. The van der Waals surface area contributed by atoms with E-state index in [1.807, 2.05) is 45.0 Å². The highest BCUT2D eigenvalue weighted by atomic mass is 16.6. The largest absolute Gasteiger partial charge is 0.492 e. The summed E-state index contributed by atoms with van der Waals surface area (Å²) in [6.07, 6.45) is 4.13. The number of nitrogens with zero attached hydrogens (tertiary/aromatic N) is 1. The summed E-state index contributed by atoms with van der Waals surface area (Å²) in [6.45, 7) is 11.8. The number of hydrogen-bond donors (Lipinski definition) is 2. The highest BCUT2D eigenvalue weighted by Gasteiger charge is 2.15. The number of urea groups is 1. The van der Waals surface area contributed by atoms with Gasteiger partial charge in [-0.25, -0.2) is 9.59 Å². The van der Waals surface area contributed by atoms with Crippen LogP contribution < -0.4 is 15.4 Å². The van der Waals surface area contributed by atoms with Crippen LogP contribution in [0.3, 0.4) is 0 Å². The number of carbonyl (C=O) groups is 2. The van der Waals surface area contributed by atoms with E-state index in [1.54, 1.807) is 11.9 Å². The Hall–Kier alpha value is -2.44. The fraction of sp³-hybridized carbons (Fsp3) is 0.667. The molecule has 0 saturated heterocycles.